The Morgan fingerprint density at radius 1 is 1.44 bits per heavy atom. The lowest BCUT2D eigenvalue weighted by molar-refractivity contribution is 0.258. The molecule has 0 aromatic rings. The number of hydrogen-bond donors (Lipinski definition) is 2. The van der Waals surface area contributed by atoms with Crippen LogP contribution in [0.1, 0.15) is 47.0 Å². The van der Waals surface area contributed by atoms with E-state index in [-0.39, 0.29) is 0 Å². The zero-order valence-electron chi connectivity index (χ0n) is 11.4. The lowest BCUT2D eigenvalue weighted by Crippen LogP contribution is -2.31. The summed E-state index contributed by atoms with van der Waals surface area (Å²) in [7, 11) is 0. The van der Waals surface area contributed by atoms with Crippen LogP contribution in [0.5, 0.6) is 0 Å². The Kier molecular flexibility index (Phi) is 5.33. The summed E-state index contributed by atoms with van der Waals surface area (Å²) in [5.74, 6) is 0.806. The van der Waals surface area contributed by atoms with Crippen LogP contribution in [0, 0.1) is 11.3 Å². The molecule has 2 N–H and O–H groups in total. The highest BCUT2D eigenvalue weighted by Gasteiger charge is 2.20. The fourth-order valence-electron chi connectivity index (χ4n) is 2.26. The van der Waals surface area contributed by atoms with Gasteiger partial charge in [0.2, 0.25) is 0 Å². The Labute approximate surface area is 101 Å². The molecule has 1 rings (SSSR count). The van der Waals surface area contributed by atoms with E-state index >= 15 is 0 Å². The van der Waals surface area contributed by atoms with Crippen molar-refractivity contribution >= 4 is 0 Å². The van der Waals surface area contributed by atoms with Crippen molar-refractivity contribution in [2.45, 2.75) is 47.0 Å². The third kappa shape index (κ3) is 6.16. The predicted molar refractivity (Wildman–Crippen MR) is 71.4 cm³/mol. The molecule has 0 radical (unpaired) electrons. The van der Waals surface area contributed by atoms with Crippen LogP contribution >= 0.6 is 0 Å². The van der Waals surface area contributed by atoms with E-state index in [1.807, 2.05) is 0 Å². The fraction of sp³-hybridized carbons (Fsp3) is 0.857. The lowest BCUT2D eigenvalue weighted by Gasteiger charge is -2.28. The van der Waals surface area contributed by atoms with Crippen LogP contribution in [0.15, 0.2) is 11.8 Å². The van der Waals surface area contributed by atoms with Gasteiger partial charge in [-0.1, -0.05) is 33.8 Å². The molecule has 0 bridgehead atoms. The maximum absolute atomic E-state index is 3.46. The van der Waals surface area contributed by atoms with Gasteiger partial charge in [-0.15, -0.1) is 0 Å². The molecule has 1 atom stereocenters. The van der Waals surface area contributed by atoms with Gasteiger partial charge in [0.15, 0.2) is 0 Å². The van der Waals surface area contributed by atoms with Gasteiger partial charge in [-0.05, 0) is 30.7 Å². The average molecular weight is 224 g/mol. The molecule has 0 aromatic carbocycles. The van der Waals surface area contributed by atoms with Crippen molar-refractivity contribution < 1.29 is 0 Å². The topological polar surface area (TPSA) is 24.1 Å². The predicted octanol–water partition coefficient (Wildman–Crippen LogP) is 2.92. The molecule has 16 heavy (non-hydrogen) atoms. The van der Waals surface area contributed by atoms with Gasteiger partial charge in [0.25, 0.3) is 0 Å². The van der Waals surface area contributed by atoms with Crippen LogP contribution in [0.3, 0.4) is 0 Å². The van der Waals surface area contributed by atoms with Crippen LogP contribution < -0.4 is 10.6 Å². The third-order valence-electron chi connectivity index (χ3n) is 3.15. The van der Waals surface area contributed by atoms with Crippen molar-refractivity contribution in [3.8, 4) is 0 Å². The van der Waals surface area contributed by atoms with Gasteiger partial charge in [0, 0.05) is 25.2 Å². The van der Waals surface area contributed by atoms with Gasteiger partial charge in [-0.2, -0.15) is 0 Å². The number of nitrogens with one attached hydrogen (secondary N) is 2. The van der Waals surface area contributed by atoms with Gasteiger partial charge in [-0.3, -0.25) is 0 Å². The van der Waals surface area contributed by atoms with Crippen LogP contribution in [-0.2, 0) is 0 Å². The Balaban J connectivity index is 2.09. The summed E-state index contributed by atoms with van der Waals surface area (Å²) in [4.78, 5) is 0. The molecule has 0 saturated heterocycles. The van der Waals surface area contributed by atoms with Crippen molar-refractivity contribution in [3.05, 3.63) is 11.8 Å². The van der Waals surface area contributed by atoms with Gasteiger partial charge >= 0.3 is 0 Å². The lowest BCUT2D eigenvalue weighted by atomic mass is 9.82. The van der Waals surface area contributed by atoms with E-state index in [2.05, 4.69) is 44.4 Å². The van der Waals surface area contributed by atoms with Crippen LogP contribution in [0.4, 0.5) is 0 Å². The molecule has 0 spiro atoms. The van der Waals surface area contributed by atoms with E-state index in [0.29, 0.717) is 5.41 Å². The fourth-order valence-corrected chi connectivity index (χ4v) is 2.26. The molecular formula is C14H28N2. The summed E-state index contributed by atoms with van der Waals surface area (Å²) in [6.45, 7) is 12.6. The van der Waals surface area contributed by atoms with Crippen LogP contribution in [0.25, 0.3) is 0 Å². The molecule has 0 heterocycles. The number of rotatable bonds is 9. The van der Waals surface area contributed by atoms with Crippen molar-refractivity contribution in [1.82, 2.24) is 10.6 Å². The molecule has 0 amide bonds. The molecule has 2 heteroatoms. The summed E-state index contributed by atoms with van der Waals surface area (Å²) in [6, 6.07) is 0. The zero-order chi connectivity index (χ0) is 12.0. The van der Waals surface area contributed by atoms with E-state index in [9.17, 15) is 0 Å². The Morgan fingerprint density at radius 2 is 2.12 bits per heavy atom. The second kappa shape index (κ2) is 6.29. The first-order valence-corrected chi connectivity index (χ1v) is 6.67. The average Bonchev–Trinajstić information content (AvgIpc) is 2.98. The minimum atomic E-state index is 0.425. The molecule has 0 fully saturated rings. The molecule has 0 aromatic heterocycles. The monoisotopic (exact) mass is 224 g/mol. The first-order chi connectivity index (χ1) is 7.53. The minimum absolute atomic E-state index is 0.425. The van der Waals surface area contributed by atoms with Gasteiger partial charge in [0.1, 0.15) is 0 Å². The molecular weight excluding hydrogens is 196 g/mol. The van der Waals surface area contributed by atoms with Crippen LogP contribution in [-0.4, -0.2) is 19.6 Å². The van der Waals surface area contributed by atoms with Gasteiger partial charge in [0.05, 0.1) is 0 Å². The molecule has 0 aliphatic heterocycles. The van der Waals surface area contributed by atoms with Crippen molar-refractivity contribution in [2.24, 2.45) is 11.3 Å². The standard InChI is InChI=1S/C14H28N2/c1-5-15-11-14(3,4)10-12(2)8-9-16-13-6-7-13/h6,12,15-16H,5,7-11H2,1-4H3. The highest BCUT2D eigenvalue weighted by Crippen LogP contribution is 2.26. The van der Waals surface area contributed by atoms with Gasteiger partial charge < -0.3 is 10.6 Å². The van der Waals surface area contributed by atoms with Crippen LogP contribution in [0.2, 0.25) is 0 Å². The van der Waals surface area contributed by atoms with Crippen molar-refractivity contribution in [1.29, 1.82) is 0 Å². The highest BCUT2D eigenvalue weighted by atomic mass is 14.9. The molecule has 1 aliphatic rings. The highest BCUT2D eigenvalue weighted by molar-refractivity contribution is 5.19. The number of allylic oxidation sites excluding steroid dienone is 2. The second-order valence-electron chi connectivity index (χ2n) is 5.90. The van der Waals surface area contributed by atoms with E-state index in [4.69, 9.17) is 0 Å². The summed E-state index contributed by atoms with van der Waals surface area (Å²) in [6.07, 6.45) is 6.04. The van der Waals surface area contributed by atoms with E-state index in [1.165, 1.54) is 25.0 Å². The zero-order valence-corrected chi connectivity index (χ0v) is 11.4. The summed E-state index contributed by atoms with van der Waals surface area (Å²) in [5, 5.41) is 6.92. The Morgan fingerprint density at radius 3 is 2.69 bits per heavy atom. The molecule has 2 nitrogen and oxygen atoms in total. The Bertz CT molecular complexity index is 231. The minimum Gasteiger partial charge on any atom is -0.388 e. The molecule has 0 saturated carbocycles. The maximum atomic E-state index is 3.46. The van der Waals surface area contributed by atoms with E-state index in [1.54, 1.807) is 0 Å². The SMILES string of the molecule is CCNCC(C)(C)CC(C)CCNC1=CC1. The van der Waals surface area contributed by atoms with E-state index in [0.717, 1.165) is 25.6 Å². The van der Waals surface area contributed by atoms with E-state index < -0.39 is 0 Å². The van der Waals surface area contributed by atoms with Crippen molar-refractivity contribution in [3.63, 3.8) is 0 Å². The molecule has 1 aliphatic carbocycles. The summed E-state index contributed by atoms with van der Waals surface area (Å²) >= 11 is 0. The largest absolute Gasteiger partial charge is 0.388 e. The maximum Gasteiger partial charge on any atom is 0.0146 e. The van der Waals surface area contributed by atoms with Crippen molar-refractivity contribution in [2.75, 3.05) is 19.6 Å². The first-order valence-electron chi connectivity index (χ1n) is 6.67. The first kappa shape index (κ1) is 13.6. The quantitative estimate of drug-likeness (QED) is 0.629. The normalized spacial score (nSPS) is 16.9. The second-order valence-corrected chi connectivity index (χ2v) is 5.90. The number of hydrogen-bond acceptors (Lipinski definition) is 2. The molecule has 1 unspecified atom stereocenters. The third-order valence-corrected chi connectivity index (χ3v) is 3.15. The smallest absolute Gasteiger partial charge is 0.0146 e. The summed E-state index contributed by atoms with van der Waals surface area (Å²) < 4.78 is 0. The molecule has 94 valence electrons. The van der Waals surface area contributed by atoms with Gasteiger partial charge in [-0.25, -0.2) is 0 Å². The summed E-state index contributed by atoms with van der Waals surface area (Å²) in [5.41, 5.74) is 1.87. The Hall–Kier alpha value is -0.500.